The number of benzene rings is 2. The van der Waals surface area contributed by atoms with Crippen LogP contribution in [0.15, 0.2) is 60.7 Å². The Labute approximate surface area is 176 Å². The van der Waals surface area contributed by atoms with Gasteiger partial charge >= 0.3 is 0 Å². The number of phenols is 1. The zero-order valence-electron chi connectivity index (χ0n) is 17.2. The number of phenolic OH excluding ortho intramolecular Hbond substituents is 1. The standard InChI is InChI=1S/C24H25N3O3/c1-17-7-8-18(2)27(17)20-11-9-19(10-12-20)23(29)25-13-15-26(16-14-25)24(30)21-5-3-4-6-22(21)28/h3-12,28H,13-16H2,1-2H3. The van der Waals surface area contributed by atoms with E-state index in [2.05, 4.69) is 30.5 Å². The summed E-state index contributed by atoms with van der Waals surface area (Å²) in [6.45, 7) is 5.94. The van der Waals surface area contributed by atoms with E-state index in [0.29, 0.717) is 37.3 Å². The number of aryl methyl sites for hydroxylation is 2. The molecule has 0 unspecified atom stereocenters. The first-order valence-corrected chi connectivity index (χ1v) is 10.1. The minimum atomic E-state index is -0.206. The number of rotatable bonds is 3. The maximum absolute atomic E-state index is 12.9. The smallest absolute Gasteiger partial charge is 0.257 e. The highest BCUT2D eigenvalue weighted by Crippen LogP contribution is 2.20. The normalized spacial score (nSPS) is 14.1. The first-order valence-electron chi connectivity index (χ1n) is 10.1. The van der Waals surface area contributed by atoms with Crippen LogP contribution in [-0.2, 0) is 0 Å². The third kappa shape index (κ3) is 3.68. The van der Waals surface area contributed by atoms with E-state index in [1.807, 2.05) is 24.3 Å². The number of aromatic hydroxyl groups is 1. The molecule has 1 aliphatic rings. The molecule has 1 aliphatic heterocycles. The quantitative estimate of drug-likeness (QED) is 0.729. The Hall–Kier alpha value is -3.54. The van der Waals surface area contributed by atoms with Gasteiger partial charge in [0, 0.05) is 48.8 Å². The van der Waals surface area contributed by atoms with E-state index in [1.165, 1.54) is 6.07 Å². The summed E-state index contributed by atoms with van der Waals surface area (Å²) in [6, 6.07) is 18.3. The molecule has 0 spiro atoms. The summed E-state index contributed by atoms with van der Waals surface area (Å²) in [6.07, 6.45) is 0. The highest BCUT2D eigenvalue weighted by molar-refractivity contribution is 5.97. The van der Waals surface area contributed by atoms with Crippen LogP contribution in [0.25, 0.3) is 5.69 Å². The maximum Gasteiger partial charge on any atom is 0.257 e. The van der Waals surface area contributed by atoms with E-state index in [1.54, 1.807) is 28.0 Å². The van der Waals surface area contributed by atoms with E-state index >= 15 is 0 Å². The fraction of sp³-hybridized carbons (Fsp3) is 0.250. The Morgan fingerprint density at radius 3 is 1.83 bits per heavy atom. The van der Waals surface area contributed by atoms with Crippen molar-refractivity contribution in [1.82, 2.24) is 14.4 Å². The van der Waals surface area contributed by atoms with Crippen LogP contribution in [0.3, 0.4) is 0 Å². The van der Waals surface area contributed by atoms with Gasteiger partial charge in [-0.15, -0.1) is 0 Å². The first-order chi connectivity index (χ1) is 14.5. The van der Waals surface area contributed by atoms with Crippen molar-refractivity contribution in [2.24, 2.45) is 0 Å². The second-order valence-electron chi connectivity index (χ2n) is 7.60. The van der Waals surface area contributed by atoms with Gasteiger partial charge in [0.25, 0.3) is 11.8 Å². The molecule has 0 saturated carbocycles. The number of carbonyl (C=O) groups excluding carboxylic acids is 2. The zero-order valence-corrected chi connectivity index (χ0v) is 17.2. The lowest BCUT2D eigenvalue weighted by Gasteiger charge is -2.35. The van der Waals surface area contributed by atoms with Crippen molar-refractivity contribution in [2.75, 3.05) is 26.2 Å². The Morgan fingerprint density at radius 1 is 0.733 bits per heavy atom. The first kappa shape index (κ1) is 19.8. The lowest BCUT2D eigenvalue weighted by molar-refractivity contribution is 0.0533. The monoisotopic (exact) mass is 403 g/mol. The molecule has 3 aromatic rings. The molecule has 1 N–H and O–H groups in total. The van der Waals surface area contributed by atoms with Gasteiger partial charge in [-0.25, -0.2) is 0 Å². The zero-order chi connectivity index (χ0) is 21.3. The number of para-hydroxylation sites is 1. The van der Waals surface area contributed by atoms with Gasteiger partial charge in [-0.2, -0.15) is 0 Å². The number of nitrogens with zero attached hydrogens (tertiary/aromatic N) is 3. The average Bonchev–Trinajstić information content (AvgIpc) is 3.11. The SMILES string of the molecule is Cc1ccc(C)n1-c1ccc(C(=O)N2CCN(C(=O)c3ccccc3O)CC2)cc1. The Bertz CT molecular complexity index is 1060. The van der Waals surface area contributed by atoms with Crippen molar-refractivity contribution in [1.29, 1.82) is 0 Å². The number of amides is 2. The number of hydrogen-bond acceptors (Lipinski definition) is 3. The van der Waals surface area contributed by atoms with Gasteiger partial charge in [-0.3, -0.25) is 9.59 Å². The van der Waals surface area contributed by atoms with Crippen LogP contribution < -0.4 is 0 Å². The average molecular weight is 403 g/mol. The van der Waals surface area contributed by atoms with Crippen LogP contribution >= 0.6 is 0 Å². The van der Waals surface area contributed by atoms with Crippen LogP contribution in [0.4, 0.5) is 0 Å². The molecule has 2 aromatic carbocycles. The fourth-order valence-corrected chi connectivity index (χ4v) is 3.95. The molecule has 1 aromatic heterocycles. The summed E-state index contributed by atoms with van der Waals surface area (Å²) in [5, 5.41) is 9.91. The highest BCUT2D eigenvalue weighted by atomic mass is 16.3. The van der Waals surface area contributed by atoms with Gasteiger partial charge in [0.05, 0.1) is 5.56 Å². The van der Waals surface area contributed by atoms with E-state index < -0.39 is 0 Å². The fourth-order valence-electron chi connectivity index (χ4n) is 3.95. The number of aromatic nitrogens is 1. The van der Waals surface area contributed by atoms with Crippen LogP contribution in [0.5, 0.6) is 5.75 Å². The van der Waals surface area contributed by atoms with E-state index in [-0.39, 0.29) is 17.6 Å². The van der Waals surface area contributed by atoms with Gasteiger partial charge in [0.1, 0.15) is 5.75 Å². The third-order valence-corrected chi connectivity index (χ3v) is 5.63. The van der Waals surface area contributed by atoms with Crippen molar-refractivity contribution >= 4 is 11.8 Å². The second kappa shape index (κ2) is 8.06. The van der Waals surface area contributed by atoms with Crippen molar-refractivity contribution in [3.05, 3.63) is 83.2 Å². The van der Waals surface area contributed by atoms with Crippen LogP contribution in [0.2, 0.25) is 0 Å². The summed E-state index contributed by atoms with van der Waals surface area (Å²) in [4.78, 5) is 29.0. The second-order valence-corrected chi connectivity index (χ2v) is 7.60. The van der Waals surface area contributed by atoms with Crippen molar-refractivity contribution in [2.45, 2.75) is 13.8 Å². The largest absolute Gasteiger partial charge is 0.507 e. The molecule has 0 atom stereocenters. The number of carbonyl (C=O) groups is 2. The number of hydrogen-bond donors (Lipinski definition) is 1. The van der Waals surface area contributed by atoms with Gasteiger partial charge in [0.15, 0.2) is 0 Å². The van der Waals surface area contributed by atoms with Gasteiger partial charge in [-0.1, -0.05) is 12.1 Å². The Kier molecular flexibility index (Phi) is 5.31. The summed E-state index contributed by atoms with van der Waals surface area (Å²) in [5.74, 6) is -0.256. The van der Waals surface area contributed by atoms with E-state index in [0.717, 1.165) is 17.1 Å². The van der Waals surface area contributed by atoms with Crippen molar-refractivity contribution in [3.63, 3.8) is 0 Å². The molecule has 0 bridgehead atoms. The lowest BCUT2D eigenvalue weighted by Crippen LogP contribution is -2.50. The van der Waals surface area contributed by atoms with Gasteiger partial charge in [0.2, 0.25) is 0 Å². The minimum absolute atomic E-state index is 0.0192. The summed E-state index contributed by atoms with van der Waals surface area (Å²) in [5.41, 5.74) is 4.27. The molecule has 154 valence electrons. The molecule has 0 radical (unpaired) electrons. The van der Waals surface area contributed by atoms with Crippen molar-refractivity contribution in [3.8, 4) is 11.4 Å². The number of piperazine rings is 1. The van der Waals surface area contributed by atoms with Crippen LogP contribution in [0, 0.1) is 13.8 Å². The lowest BCUT2D eigenvalue weighted by atomic mass is 10.1. The van der Waals surface area contributed by atoms with Crippen molar-refractivity contribution < 1.29 is 14.7 Å². The minimum Gasteiger partial charge on any atom is -0.507 e. The summed E-state index contributed by atoms with van der Waals surface area (Å²) >= 11 is 0. The van der Waals surface area contributed by atoms with Gasteiger partial charge < -0.3 is 19.5 Å². The van der Waals surface area contributed by atoms with Crippen LogP contribution in [0.1, 0.15) is 32.1 Å². The third-order valence-electron chi connectivity index (χ3n) is 5.63. The summed E-state index contributed by atoms with van der Waals surface area (Å²) < 4.78 is 2.15. The van der Waals surface area contributed by atoms with Gasteiger partial charge in [-0.05, 0) is 62.4 Å². The molecule has 2 amide bonds. The Balaban J connectivity index is 1.41. The maximum atomic E-state index is 12.9. The molecule has 2 heterocycles. The molecule has 0 aliphatic carbocycles. The molecule has 6 nitrogen and oxygen atoms in total. The molecular weight excluding hydrogens is 378 g/mol. The van der Waals surface area contributed by atoms with E-state index in [4.69, 9.17) is 0 Å². The molecule has 4 rings (SSSR count). The van der Waals surface area contributed by atoms with E-state index in [9.17, 15) is 14.7 Å². The predicted octanol–water partition coefficient (Wildman–Crippen LogP) is 3.40. The molecule has 1 fully saturated rings. The molecule has 1 saturated heterocycles. The Morgan fingerprint density at radius 2 is 1.27 bits per heavy atom. The predicted molar refractivity (Wildman–Crippen MR) is 115 cm³/mol. The molecular formula is C24H25N3O3. The highest BCUT2D eigenvalue weighted by Gasteiger charge is 2.26. The summed E-state index contributed by atoms with van der Waals surface area (Å²) in [7, 11) is 0. The molecule has 30 heavy (non-hydrogen) atoms. The molecule has 6 heteroatoms. The van der Waals surface area contributed by atoms with Crippen LogP contribution in [-0.4, -0.2) is 57.5 Å². The topological polar surface area (TPSA) is 65.8 Å².